The maximum atomic E-state index is 13.5. The fourth-order valence-corrected chi connectivity index (χ4v) is 4.58. The first-order chi connectivity index (χ1) is 13.4. The largest absolute Gasteiger partial charge is 0.481 e. The van der Waals surface area contributed by atoms with E-state index in [0.717, 1.165) is 31.4 Å². The topological polar surface area (TPSA) is 86.7 Å². The average molecular weight is 386 g/mol. The Balaban J connectivity index is 1.71. The number of carboxylic acids is 1. The molecule has 0 saturated heterocycles. The summed E-state index contributed by atoms with van der Waals surface area (Å²) in [5.41, 5.74) is 2.15. The minimum atomic E-state index is -0.867. The van der Waals surface area contributed by atoms with Gasteiger partial charge < -0.3 is 15.3 Å². The van der Waals surface area contributed by atoms with Gasteiger partial charge in [-0.25, -0.2) is 0 Å². The molecule has 0 spiro atoms. The van der Waals surface area contributed by atoms with E-state index in [0.29, 0.717) is 12.8 Å². The van der Waals surface area contributed by atoms with Crippen molar-refractivity contribution >= 4 is 23.5 Å². The third-order valence-electron chi connectivity index (χ3n) is 6.04. The fraction of sp³-hybridized carbons (Fsp3) is 0.591. The van der Waals surface area contributed by atoms with Crippen LogP contribution in [0.4, 0.5) is 5.69 Å². The molecule has 3 rings (SSSR count). The molecule has 1 aromatic carbocycles. The molecule has 4 atom stereocenters. The molecule has 1 aromatic rings. The van der Waals surface area contributed by atoms with Crippen molar-refractivity contribution in [3.05, 3.63) is 29.8 Å². The Morgan fingerprint density at radius 3 is 2.57 bits per heavy atom. The summed E-state index contributed by atoms with van der Waals surface area (Å²) in [6.45, 7) is 3.88. The maximum Gasteiger partial charge on any atom is 0.303 e. The first kappa shape index (κ1) is 20.4. The van der Waals surface area contributed by atoms with E-state index in [1.54, 1.807) is 0 Å². The van der Waals surface area contributed by atoms with E-state index in [-0.39, 0.29) is 42.2 Å². The zero-order valence-corrected chi connectivity index (χ0v) is 16.7. The van der Waals surface area contributed by atoms with Gasteiger partial charge in [0.15, 0.2) is 0 Å². The minimum absolute atomic E-state index is 0.0244. The second-order valence-electron chi connectivity index (χ2n) is 8.23. The van der Waals surface area contributed by atoms with Crippen LogP contribution in [0.5, 0.6) is 0 Å². The van der Waals surface area contributed by atoms with Crippen LogP contribution < -0.4 is 10.2 Å². The first-order valence-corrected chi connectivity index (χ1v) is 10.3. The summed E-state index contributed by atoms with van der Waals surface area (Å²) in [4.78, 5) is 39.0. The Kier molecular flexibility index (Phi) is 6.37. The second-order valence-corrected chi connectivity index (χ2v) is 8.23. The van der Waals surface area contributed by atoms with Crippen molar-refractivity contribution in [1.82, 2.24) is 5.32 Å². The number of hydrogen-bond donors (Lipinski definition) is 2. The molecule has 152 valence electrons. The third kappa shape index (κ3) is 4.37. The standard InChI is InChI=1S/C22H30N2O4/c1-14(11-12-20(25)26)23-21(27)17-8-4-5-9-18(17)22(28)24-15(2)13-16-7-3-6-10-19(16)24/h3,6-7,10,14-15,17-18H,4-5,8-9,11-13H2,1-2H3,(H,23,27)(H,25,26). The van der Waals surface area contributed by atoms with E-state index >= 15 is 0 Å². The third-order valence-corrected chi connectivity index (χ3v) is 6.04. The van der Waals surface area contributed by atoms with Crippen molar-refractivity contribution in [3.8, 4) is 0 Å². The van der Waals surface area contributed by atoms with E-state index in [4.69, 9.17) is 5.11 Å². The van der Waals surface area contributed by atoms with E-state index < -0.39 is 5.97 Å². The molecule has 4 unspecified atom stereocenters. The van der Waals surface area contributed by atoms with Gasteiger partial charge in [0, 0.05) is 30.1 Å². The number of carbonyl (C=O) groups is 3. The van der Waals surface area contributed by atoms with Gasteiger partial charge in [0.05, 0.1) is 5.92 Å². The van der Waals surface area contributed by atoms with Crippen LogP contribution in [-0.2, 0) is 20.8 Å². The molecule has 1 heterocycles. The zero-order valence-electron chi connectivity index (χ0n) is 16.7. The Morgan fingerprint density at radius 1 is 1.18 bits per heavy atom. The van der Waals surface area contributed by atoms with Crippen molar-refractivity contribution < 1.29 is 19.5 Å². The van der Waals surface area contributed by atoms with E-state index in [1.807, 2.05) is 30.0 Å². The summed E-state index contributed by atoms with van der Waals surface area (Å²) in [5.74, 6) is -1.58. The second kappa shape index (κ2) is 8.76. The van der Waals surface area contributed by atoms with Gasteiger partial charge in [-0.15, -0.1) is 0 Å². The van der Waals surface area contributed by atoms with Crippen LogP contribution in [0.3, 0.4) is 0 Å². The van der Waals surface area contributed by atoms with Gasteiger partial charge >= 0.3 is 5.97 Å². The molecule has 0 bridgehead atoms. The summed E-state index contributed by atoms with van der Waals surface area (Å²) < 4.78 is 0. The fourth-order valence-electron chi connectivity index (χ4n) is 4.58. The molecule has 2 aliphatic rings. The molecule has 6 nitrogen and oxygen atoms in total. The molecule has 1 saturated carbocycles. The number of hydrogen-bond acceptors (Lipinski definition) is 3. The van der Waals surface area contributed by atoms with Crippen molar-refractivity contribution in [1.29, 1.82) is 0 Å². The molecule has 2 N–H and O–H groups in total. The van der Waals surface area contributed by atoms with Crippen LogP contribution in [0, 0.1) is 11.8 Å². The van der Waals surface area contributed by atoms with Crippen LogP contribution in [0.15, 0.2) is 24.3 Å². The molecule has 28 heavy (non-hydrogen) atoms. The van der Waals surface area contributed by atoms with Gasteiger partial charge in [-0.05, 0) is 51.2 Å². The maximum absolute atomic E-state index is 13.5. The molecular formula is C22H30N2O4. The lowest BCUT2D eigenvalue weighted by Gasteiger charge is -2.35. The quantitative estimate of drug-likeness (QED) is 0.786. The lowest BCUT2D eigenvalue weighted by atomic mass is 9.77. The number of nitrogens with one attached hydrogen (secondary N) is 1. The average Bonchev–Trinajstić information content (AvgIpc) is 3.01. The van der Waals surface area contributed by atoms with Crippen molar-refractivity contribution in [3.63, 3.8) is 0 Å². The Bertz CT molecular complexity index is 748. The Hall–Kier alpha value is -2.37. The van der Waals surface area contributed by atoms with Gasteiger partial charge in [-0.2, -0.15) is 0 Å². The highest BCUT2D eigenvalue weighted by molar-refractivity contribution is 6.00. The number of amides is 2. The van der Waals surface area contributed by atoms with Crippen LogP contribution in [0.2, 0.25) is 0 Å². The number of carboxylic acid groups (broad SMARTS) is 1. The molecule has 0 aromatic heterocycles. The highest BCUT2D eigenvalue weighted by Gasteiger charge is 2.41. The number of benzene rings is 1. The highest BCUT2D eigenvalue weighted by atomic mass is 16.4. The van der Waals surface area contributed by atoms with Gasteiger partial charge in [0.1, 0.15) is 0 Å². The summed E-state index contributed by atoms with van der Waals surface area (Å²) in [6, 6.07) is 7.88. The SMILES string of the molecule is CC(CCC(=O)O)NC(=O)C1CCCCC1C(=O)N1c2ccccc2CC1C. The predicted molar refractivity (Wildman–Crippen MR) is 107 cm³/mol. The number of fused-ring (bicyclic) bond motifs is 1. The minimum Gasteiger partial charge on any atom is -0.481 e. The monoisotopic (exact) mass is 386 g/mol. The summed E-state index contributed by atoms with van der Waals surface area (Å²) >= 11 is 0. The molecular weight excluding hydrogens is 356 g/mol. The molecule has 1 aliphatic heterocycles. The first-order valence-electron chi connectivity index (χ1n) is 10.3. The molecule has 0 radical (unpaired) electrons. The van der Waals surface area contributed by atoms with Gasteiger partial charge in [0.2, 0.25) is 11.8 Å². The van der Waals surface area contributed by atoms with Gasteiger partial charge in [-0.1, -0.05) is 31.0 Å². The number of nitrogens with zero attached hydrogens (tertiary/aromatic N) is 1. The Labute approximate surface area is 166 Å². The molecule has 1 fully saturated rings. The summed E-state index contributed by atoms with van der Waals surface area (Å²) in [6.07, 6.45) is 4.59. The number of carbonyl (C=O) groups excluding carboxylic acids is 2. The smallest absolute Gasteiger partial charge is 0.303 e. The molecule has 6 heteroatoms. The van der Waals surface area contributed by atoms with Crippen LogP contribution >= 0.6 is 0 Å². The Morgan fingerprint density at radius 2 is 1.86 bits per heavy atom. The molecule has 2 amide bonds. The highest BCUT2D eigenvalue weighted by Crippen LogP contribution is 2.38. The summed E-state index contributed by atoms with van der Waals surface area (Å²) in [5, 5.41) is 11.8. The van der Waals surface area contributed by atoms with Crippen LogP contribution in [0.25, 0.3) is 0 Å². The number of para-hydroxylation sites is 1. The van der Waals surface area contributed by atoms with E-state index in [9.17, 15) is 14.4 Å². The predicted octanol–water partition coefficient (Wildman–Crippen LogP) is 3.14. The zero-order chi connectivity index (χ0) is 20.3. The van der Waals surface area contributed by atoms with Gasteiger partial charge in [-0.3, -0.25) is 14.4 Å². The number of rotatable bonds is 6. The lowest BCUT2D eigenvalue weighted by Crippen LogP contribution is -2.48. The normalized spacial score (nSPS) is 25.1. The van der Waals surface area contributed by atoms with Crippen molar-refractivity contribution in [2.24, 2.45) is 11.8 Å². The lowest BCUT2D eigenvalue weighted by molar-refractivity contribution is -0.138. The summed E-state index contributed by atoms with van der Waals surface area (Å²) in [7, 11) is 0. The molecule has 1 aliphatic carbocycles. The van der Waals surface area contributed by atoms with Crippen LogP contribution in [-0.4, -0.2) is 35.0 Å². The van der Waals surface area contributed by atoms with Gasteiger partial charge in [0.25, 0.3) is 0 Å². The van der Waals surface area contributed by atoms with Crippen LogP contribution in [0.1, 0.15) is 57.9 Å². The van der Waals surface area contributed by atoms with E-state index in [1.165, 1.54) is 5.56 Å². The van der Waals surface area contributed by atoms with E-state index in [2.05, 4.69) is 18.3 Å². The van der Waals surface area contributed by atoms with Crippen molar-refractivity contribution in [2.45, 2.75) is 70.9 Å². The number of aliphatic carboxylic acids is 1. The van der Waals surface area contributed by atoms with Crippen molar-refractivity contribution in [2.75, 3.05) is 4.90 Å². The number of anilines is 1.